The van der Waals surface area contributed by atoms with Crippen molar-refractivity contribution in [1.29, 1.82) is 0 Å². The van der Waals surface area contributed by atoms with Crippen molar-refractivity contribution in [3.05, 3.63) is 71.3 Å². The van der Waals surface area contributed by atoms with Crippen LogP contribution in [0.25, 0.3) is 27.8 Å². The molecule has 3 heterocycles. The summed E-state index contributed by atoms with van der Waals surface area (Å²) in [4.78, 5) is 34.4. The van der Waals surface area contributed by atoms with Crippen LogP contribution in [0.5, 0.6) is 5.75 Å². The number of hydrogen-bond donors (Lipinski definition) is 0. The number of pyridine rings is 1. The van der Waals surface area contributed by atoms with Crippen molar-refractivity contribution >= 4 is 35.0 Å². The maximum atomic E-state index is 15.1. The van der Waals surface area contributed by atoms with Crippen LogP contribution in [0.3, 0.4) is 0 Å². The Morgan fingerprint density at radius 1 is 1.02 bits per heavy atom. The highest BCUT2D eigenvalue weighted by Crippen LogP contribution is 2.42. The van der Waals surface area contributed by atoms with E-state index in [2.05, 4.69) is 4.98 Å². The summed E-state index contributed by atoms with van der Waals surface area (Å²) in [6.07, 6.45) is 3.93. The standard InChI is InChI=1S/C32H34ClFN4O4/c1-32(2,3)42-31(40)37-12-9-20(10-13-37)27-17-22(8-11-35-27)25-19-23(34)18-24(29(25)41-5)21-6-7-28(26(33)16-21)38-15-14-36(4)30(38)39/h6-9,11,16-19H,10,12-15H2,1-5H3. The predicted octanol–water partition coefficient (Wildman–Crippen LogP) is 7.11. The van der Waals surface area contributed by atoms with Gasteiger partial charge in [-0.2, -0.15) is 0 Å². The topological polar surface area (TPSA) is 75.2 Å². The highest BCUT2D eigenvalue weighted by Gasteiger charge is 2.29. The Labute approximate surface area is 250 Å². The summed E-state index contributed by atoms with van der Waals surface area (Å²) in [5.41, 5.74) is 4.29. The van der Waals surface area contributed by atoms with Gasteiger partial charge in [-0.15, -0.1) is 0 Å². The quantitative estimate of drug-likeness (QED) is 0.315. The molecule has 0 unspecified atom stereocenters. The fourth-order valence-corrected chi connectivity index (χ4v) is 5.46. The minimum atomic E-state index is -0.558. The Hall–Kier alpha value is -4.11. The average molecular weight is 593 g/mol. The van der Waals surface area contributed by atoms with Gasteiger partial charge >= 0.3 is 12.1 Å². The van der Waals surface area contributed by atoms with Gasteiger partial charge in [-0.25, -0.2) is 14.0 Å². The Morgan fingerprint density at radius 2 is 1.74 bits per heavy atom. The second-order valence-corrected chi connectivity index (χ2v) is 11.8. The molecule has 3 amide bonds. The van der Waals surface area contributed by atoms with Crippen LogP contribution >= 0.6 is 11.6 Å². The molecule has 3 aromatic rings. The second kappa shape index (κ2) is 11.6. The fraction of sp³-hybridized carbons (Fsp3) is 0.344. The molecule has 5 rings (SSSR count). The minimum Gasteiger partial charge on any atom is -0.495 e. The number of halogens is 2. The first-order chi connectivity index (χ1) is 19.9. The van der Waals surface area contributed by atoms with Crippen LogP contribution in [0.4, 0.5) is 19.7 Å². The summed E-state index contributed by atoms with van der Waals surface area (Å²) < 4.78 is 26.4. The summed E-state index contributed by atoms with van der Waals surface area (Å²) in [5, 5.41) is 0.389. The van der Waals surface area contributed by atoms with Gasteiger partial charge in [-0.3, -0.25) is 9.88 Å². The summed E-state index contributed by atoms with van der Waals surface area (Å²) >= 11 is 6.64. The number of nitrogens with zero attached hydrogens (tertiary/aromatic N) is 4. The van der Waals surface area contributed by atoms with Crippen LogP contribution in [0.15, 0.2) is 54.7 Å². The SMILES string of the molecule is COc1c(-c2ccnc(C3=CCN(C(=O)OC(C)(C)C)CC3)c2)cc(F)cc1-c1ccc(N2CCN(C)C2=O)c(Cl)c1. The van der Waals surface area contributed by atoms with E-state index in [-0.39, 0.29) is 12.1 Å². The van der Waals surface area contributed by atoms with E-state index in [1.165, 1.54) is 12.1 Å². The predicted molar refractivity (Wildman–Crippen MR) is 162 cm³/mol. The zero-order valence-electron chi connectivity index (χ0n) is 24.4. The van der Waals surface area contributed by atoms with Gasteiger partial charge in [0.2, 0.25) is 0 Å². The van der Waals surface area contributed by atoms with E-state index in [9.17, 15) is 9.59 Å². The molecule has 42 heavy (non-hydrogen) atoms. The number of aromatic nitrogens is 1. The van der Waals surface area contributed by atoms with Gasteiger partial charge in [-0.05, 0) is 80.3 Å². The van der Waals surface area contributed by atoms with E-state index >= 15 is 4.39 Å². The zero-order chi connectivity index (χ0) is 30.2. The first kappa shape index (κ1) is 29.4. The lowest BCUT2D eigenvalue weighted by molar-refractivity contribution is 0.0270. The van der Waals surface area contributed by atoms with Gasteiger partial charge in [0.15, 0.2) is 0 Å². The van der Waals surface area contributed by atoms with Crippen LogP contribution in [-0.2, 0) is 4.74 Å². The van der Waals surface area contributed by atoms with E-state index in [0.29, 0.717) is 65.7 Å². The number of hydrogen-bond acceptors (Lipinski definition) is 5. The first-order valence-corrected chi connectivity index (χ1v) is 14.2. The van der Waals surface area contributed by atoms with Crippen molar-refractivity contribution < 1.29 is 23.5 Å². The number of carbonyl (C=O) groups is 2. The van der Waals surface area contributed by atoms with E-state index in [4.69, 9.17) is 21.1 Å². The molecule has 2 aliphatic heterocycles. The number of carbonyl (C=O) groups excluding carboxylic acids is 2. The number of benzene rings is 2. The first-order valence-electron chi connectivity index (χ1n) is 13.8. The zero-order valence-corrected chi connectivity index (χ0v) is 25.2. The molecule has 10 heteroatoms. The molecular weight excluding hydrogens is 559 g/mol. The normalized spacial score (nSPS) is 15.6. The Morgan fingerprint density at radius 3 is 2.31 bits per heavy atom. The number of anilines is 1. The lowest BCUT2D eigenvalue weighted by atomic mass is 9.95. The van der Waals surface area contributed by atoms with E-state index < -0.39 is 11.4 Å². The number of methoxy groups -OCH3 is 1. The van der Waals surface area contributed by atoms with Crippen LogP contribution < -0.4 is 9.64 Å². The molecule has 2 aliphatic rings. The average Bonchev–Trinajstić information content (AvgIpc) is 3.29. The molecule has 0 saturated carbocycles. The lowest BCUT2D eigenvalue weighted by Crippen LogP contribution is -2.39. The Balaban J connectivity index is 1.45. The highest BCUT2D eigenvalue weighted by atomic mass is 35.5. The fourth-order valence-electron chi connectivity index (χ4n) is 5.17. The molecule has 220 valence electrons. The van der Waals surface area contributed by atoms with Gasteiger partial charge in [0, 0.05) is 50.6 Å². The van der Waals surface area contributed by atoms with Crippen LogP contribution in [-0.4, -0.2) is 72.8 Å². The third-order valence-corrected chi connectivity index (χ3v) is 7.59. The summed E-state index contributed by atoms with van der Waals surface area (Å²) in [6, 6.07) is 11.8. The molecule has 8 nitrogen and oxygen atoms in total. The Kier molecular flexibility index (Phi) is 8.14. The summed E-state index contributed by atoms with van der Waals surface area (Å²) in [6.45, 7) is 7.62. The smallest absolute Gasteiger partial charge is 0.410 e. The van der Waals surface area contributed by atoms with Crippen molar-refractivity contribution in [2.45, 2.75) is 32.8 Å². The van der Waals surface area contributed by atoms with Crippen molar-refractivity contribution in [1.82, 2.24) is 14.8 Å². The van der Waals surface area contributed by atoms with Gasteiger partial charge in [0.25, 0.3) is 0 Å². The molecule has 0 aliphatic carbocycles. The maximum Gasteiger partial charge on any atom is 0.410 e. The van der Waals surface area contributed by atoms with E-state index in [1.807, 2.05) is 45.0 Å². The maximum absolute atomic E-state index is 15.1. The number of rotatable bonds is 5. The largest absolute Gasteiger partial charge is 0.495 e. The lowest BCUT2D eigenvalue weighted by Gasteiger charge is -2.29. The van der Waals surface area contributed by atoms with Crippen molar-refractivity contribution in [3.63, 3.8) is 0 Å². The third-order valence-electron chi connectivity index (χ3n) is 7.28. The molecule has 0 spiro atoms. The molecular formula is C32H34ClFN4O4. The third kappa shape index (κ3) is 6.06. The van der Waals surface area contributed by atoms with Gasteiger partial charge < -0.3 is 19.3 Å². The van der Waals surface area contributed by atoms with Crippen LogP contribution in [0.1, 0.15) is 32.9 Å². The van der Waals surface area contributed by atoms with Gasteiger partial charge in [0.05, 0.1) is 23.5 Å². The second-order valence-electron chi connectivity index (χ2n) is 11.4. The van der Waals surface area contributed by atoms with Crippen molar-refractivity contribution in [2.24, 2.45) is 0 Å². The number of ether oxygens (including phenoxy) is 2. The van der Waals surface area contributed by atoms with Crippen molar-refractivity contribution in [2.75, 3.05) is 45.2 Å². The minimum absolute atomic E-state index is 0.116. The van der Waals surface area contributed by atoms with E-state index in [1.54, 1.807) is 47.2 Å². The van der Waals surface area contributed by atoms with Gasteiger partial charge in [0.1, 0.15) is 17.2 Å². The van der Waals surface area contributed by atoms with Crippen LogP contribution in [0.2, 0.25) is 5.02 Å². The molecule has 2 aromatic carbocycles. The number of likely N-dealkylation sites (N-methyl/N-ethyl adjacent to an activating group) is 1. The monoisotopic (exact) mass is 592 g/mol. The molecule has 0 bridgehead atoms. The van der Waals surface area contributed by atoms with E-state index in [0.717, 1.165) is 16.8 Å². The Bertz CT molecular complexity index is 1570. The highest BCUT2D eigenvalue weighted by molar-refractivity contribution is 6.34. The summed E-state index contributed by atoms with van der Waals surface area (Å²) in [7, 11) is 3.30. The molecule has 0 atom stereocenters. The van der Waals surface area contributed by atoms with Gasteiger partial charge in [-0.1, -0.05) is 23.7 Å². The van der Waals surface area contributed by atoms with Crippen molar-refractivity contribution in [3.8, 4) is 28.0 Å². The molecule has 0 radical (unpaired) electrons. The summed E-state index contributed by atoms with van der Waals surface area (Å²) in [5.74, 6) is 0.0589. The van der Waals surface area contributed by atoms with Crippen LogP contribution in [0, 0.1) is 5.82 Å². The molecule has 1 saturated heterocycles. The molecule has 1 aromatic heterocycles. The number of urea groups is 1. The number of amides is 3. The molecule has 1 fully saturated rings. The molecule has 0 N–H and O–H groups in total.